The molecule has 104 valence electrons. The highest BCUT2D eigenvalue weighted by Crippen LogP contribution is 2.24. The molecule has 0 bridgehead atoms. The lowest BCUT2D eigenvalue weighted by Crippen LogP contribution is -2.23. The van der Waals surface area contributed by atoms with Gasteiger partial charge in [0.2, 0.25) is 0 Å². The first-order valence-electron chi connectivity index (χ1n) is 6.45. The zero-order valence-corrected chi connectivity index (χ0v) is 14.0. The normalized spacial score (nSPS) is 12.9. The SMILES string of the molecule is Cc1nn(C)c(C)c1CCC(N)Cc1sccc1Br. The van der Waals surface area contributed by atoms with E-state index in [9.17, 15) is 0 Å². The second-order valence-corrected chi connectivity index (χ2v) is 6.82. The van der Waals surface area contributed by atoms with Gasteiger partial charge in [-0.05, 0) is 66.0 Å². The summed E-state index contributed by atoms with van der Waals surface area (Å²) in [7, 11) is 1.99. The third-order valence-corrected chi connectivity index (χ3v) is 5.51. The van der Waals surface area contributed by atoms with Crippen LogP contribution in [0.25, 0.3) is 0 Å². The summed E-state index contributed by atoms with van der Waals surface area (Å²) < 4.78 is 3.13. The molecule has 1 atom stereocenters. The van der Waals surface area contributed by atoms with E-state index in [2.05, 4.69) is 46.3 Å². The fourth-order valence-corrected chi connectivity index (χ4v) is 3.93. The summed E-state index contributed by atoms with van der Waals surface area (Å²) in [5.74, 6) is 0. The van der Waals surface area contributed by atoms with Gasteiger partial charge in [0.05, 0.1) is 5.69 Å². The van der Waals surface area contributed by atoms with Gasteiger partial charge >= 0.3 is 0 Å². The Morgan fingerprint density at radius 1 is 1.47 bits per heavy atom. The first-order chi connectivity index (χ1) is 8.99. The minimum absolute atomic E-state index is 0.203. The molecular weight excluding hydrogens is 322 g/mol. The van der Waals surface area contributed by atoms with Crippen molar-refractivity contribution < 1.29 is 0 Å². The van der Waals surface area contributed by atoms with Crippen LogP contribution in [0.15, 0.2) is 15.9 Å². The first-order valence-corrected chi connectivity index (χ1v) is 8.12. The molecule has 0 saturated heterocycles. The van der Waals surface area contributed by atoms with Gasteiger partial charge in [-0.3, -0.25) is 4.68 Å². The van der Waals surface area contributed by atoms with Crippen LogP contribution in [-0.4, -0.2) is 15.8 Å². The Morgan fingerprint density at radius 3 is 2.74 bits per heavy atom. The molecule has 2 rings (SSSR count). The van der Waals surface area contributed by atoms with Crippen molar-refractivity contribution in [3.05, 3.63) is 37.7 Å². The summed E-state index contributed by atoms with van der Waals surface area (Å²) in [4.78, 5) is 1.34. The van der Waals surface area contributed by atoms with Crippen molar-refractivity contribution >= 4 is 27.3 Å². The molecule has 2 aromatic rings. The molecule has 3 nitrogen and oxygen atoms in total. The van der Waals surface area contributed by atoms with Crippen molar-refractivity contribution in [3.8, 4) is 0 Å². The Labute approximate surface area is 126 Å². The number of hydrogen-bond acceptors (Lipinski definition) is 3. The molecule has 0 aliphatic rings. The smallest absolute Gasteiger partial charge is 0.0628 e. The van der Waals surface area contributed by atoms with Crippen LogP contribution in [-0.2, 0) is 19.9 Å². The molecule has 0 radical (unpaired) electrons. The lowest BCUT2D eigenvalue weighted by atomic mass is 10.0. The Hall–Kier alpha value is -0.650. The van der Waals surface area contributed by atoms with Gasteiger partial charge in [0.25, 0.3) is 0 Å². The first kappa shape index (κ1) is 14.8. The molecule has 0 spiro atoms. The third kappa shape index (κ3) is 3.46. The van der Waals surface area contributed by atoms with E-state index in [0.29, 0.717) is 0 Å². The van der Waals surface area contributed by atoms with Crippen molar-refractivity contribution in [2.24, 2.45) is 12.8 Å². The van der Waals surface area contributed by atoms with Gasteiger partial charge in [-0.15, -0.1) is 11.3 Å². The highest BCUT2D eigenvalue weighted by Gasteiger charge is 2.13. The summed E-state index contributed by atoms with van der Waals surface area (Å²) in [5.41, 5.74) is 9.98. The molecule has 2 N–H and O–H groups in total. The van der Waals surface area contributed by atoms with Gasteiger partial charge in [0, 0.05) is 28.1 Å². The Bertz CT molecular complexity index is 559. The quantitative estimate of drug-likeness (QED) is 0.905. The van der Waals surface area contributed by atoms with Crippen LogP contribution in [0.5, 0.6) is 0 Å². The second kappa shape index (κ2) is 6.20. The van der Waals surface area contributed by atoms with E-state index in [1.807, 2.05) is 11.7 Å². The largest absolute Gasteiger partial charge is 0.327 e. The zero-order valence-electron chi connectivity index (χ0n) is 11.6. The molecule has 2 aromatic heterocycles. The van der Waals surface area contributed by atoms with Crippen LogP contribution in [0, 0.1) is 13.8 Å². The molecule has 2 heterocycles. The van der Waals surface area contributed by atoms with E-state index in [4.69, 9.17) is 5.73 Å². The summed E-state index contributed by atoms with van der Waals surface area (Å²) in [5, 5.41) is 6.55. The van der Waals surface area contributed by atoms with E-state index in [-0.39, 0.29) is 6.04 Å². The fourth-order valence-electron chi connectivity index (χ4n) is 2.32. The maximum Gasteiger partial charge on any atom is 0.0628 e. The molecule has 0 aromatic carbocycles. The van der Waals surface area contributed by atoms with Crippen molar-refractivity contribution in [1.29, 1.82) is 0 Å². The third-order valence-electron chi connectivity index (χ3n) is 3.56. The van der Waals surface area contributed by atoms with Gasteiger partial charge in [-0.1, -0.05) is 0 Å². The Morgan fingerprint density at radius 2 is 2.21 bits per heavy atom. The van der Waals surface area contributed by atoms with E-state index in [1.165, 1.54) is 20.6 Å². The molecule has 0 aliphatic carbocycles. The molecular formula is C14H20BrN3S. The Balaban J connectivity index is 1.93. The number of halogens is 1. The van der Waals surface area contributed by atoms with Crippen molar-refractivity contribution in [3.63, 3.8) is 0 Å². The van der Waals surface area contributed by atoms with Crippen LogP contribution in [0.2, 0.25) is 0 Å². The Kier molecular flexibility index (Phi) is 4.81. The van der Waals surface area contributed by atoms with Crippen molar-refractivity contribution in [2.75, 3.05) is 0 Å². The topological polar surface area (TPSA) is 43.8 Å². The number of aromatic nitrogens is 2. The molecule has 1 unspecified atom stereocenters. The molecule has 0 aliphatic heterocycles. The lowest BCUT2D eigenvalue weighted by Gasteiger charge is -2.11. The summed E-state index contributed by atoms with van der Waals surface area (Å²) in [6, 6.07) is 2.29. The van der Waals surface area contributed by atoms with Crippen LogP contribution in [0.1, 0.15) is 28.2 Å². The van der Waals surface area contributed by atoms with Gasteiger partial charge < -0.3 is 5.73 Å². The van der Waals surface area contributed by atoms with Gasteiger partial charge in [0.1, 0.15) is 0 Å². The van der Waals surface area contributed by atoms with Crippen LogP contribution >= 0.6 is 27.3 Å². The predicted molar refractivity (Wildman–Crippen MR) is 84.7 cm³/mol. The van der Waals surface area contributed by atoms with Crippen molar-refractivity contribution in [1.82, 2.24) is 9.78 Å². The second-order valence-electron chi connectivity index (χ2n) is 4.97. The number of nitrogens with zero attached hydrogens (tertiary/aromatic N) is 2. The van der Waals surface area contributed by atoms with Gasteiger partial charge in [0.15, 0.2) is 0 Å². The van der Waals surface area contributed by atoms with E-state index < -0.39 is 0 Å². The maximum atomic E-state index is 6.25. The maximum absolute atomic E-state index is 6.25. The number of hydrogen-bond donors (Lipinski definition) is 1. The number of thiophene rings is 1. The van der Waals surface area contributed by atoms with Crippen molar-refractivity contribution in [2.45, 2.75) is 39.2 Å². The van der Waals surface area contributed by atoms with Gasteiger partial charge in [-0.25, -0.2) is 0 Å². The molecule has 5 heteroatoms. The van der Waals surface area contributed by atoms with E-state index >= 15 is 0 Å². The standard InChI is InChI=1S/C14H20BrN3S/c1-9-12(10(2)18(3)17-9)5-4-11(16)8-14-13(15)6-7-19-14/h6-7,11H,4-5,8,16H2,1-3H3. The predicted octanol–water partition coefficient (Wildman–Crippen LogP) is 3.36. The average Bonchev–Trinajstić information content (AvgIpc) is 2.84. The summed E-state index contributed by atoms with van der Waals surface area (Å²) in [6.07, 6.45) is 2.95. The zero-order chi connectivity index (χ0) is 14.0. The van der Waals surface area contributed by atoms with E-state index in [1.54, 1.807) is 11.3 Å². The monoisotopic (exact) mass is 341 g/mol. The van der Waals surface area contributed by atoms with Gasteiger partial charge in [-0.2, -0.15) is 5.10 Å². The highest BCUT2D eigenvalue weighted by molar-refractivity contribution is 9.10. The molecule has 0 saturated carbocycles. The number of rotatable bonds is 5. The highest BCUT2D eigenvalue weighted by atomic mass is 79.9. The molecule has 0 fully saturated rings. The summed E-state index contributed by atoms with van der Waals surface area (Å²) in [6.45, 7) is 4.19. The minimum Gasteiger partial charge on any atom is -0.327 e. The van der Waals surface area contributed by atoms with Crippen LogP contribution in [0.3, 0.4) is 0 Å². The van der Waals surface area contributed by atoms with Crippen LogP contribution < -0.4 is 5.73 Å². The number of aryl methyl sites for hydroxylation is 2. The lowest BCUT2D eigenvalue weighted by molar-refractivity contribution is 0.611. The summed E-state index contributed by atoms with van der Waals surface area (Å²) >= 11 is 5.33. The molecule has 0 amide bonds. The van der Waals surface area contributed by atoms with Crippen LogP contribution in [0.4, 0.5) is 0 Å². The number of nitrogens with two attached hydrogens (primary N) is 1. The fraction of sp³-hybridized carbons (Fsp3) is 0.500. The van der Waals surface area contributed by atoms with E-state index in [0.717, 1.165) is 25.0 Å². The average molecular weight is 342 g/mol. The molecule has 19 heavy (non-hydrogen) atoms. The minimum atomic E-state index is 0.203.